The number of aryl methyl sites for hydroxylation is 1. The fourth-order valence-corrected chi connectivity index (χ4v) is 2.43. The van der Waals surface area contributed by atoms with Gasteiger partial charge in [0, 0.05) is 14.1 Å². The lowest BCUT2D eigenvalue weighted by Gasteiger charge is -2.19. The van der Waals surface area contributed by atoms with Crippen LogP contribution >= 0.6 is 0 Å². The number of hydrogen-bond donors (Lipinski definition) is 2. The van der Waals surface area contributed by atoms with Gasteiger partial charge in [0.1, 0.15) is 11.9 Å². The van der Waals surface area contributed by atoms with Crippen LogP contribution in [0.25, 0.3) is 0 Å². The number of nitrogens with zero attached hydrogens (tertiary/aromatic N) is 2. The van der Waals surface area contributed by atoms with Gasteiger partial charge in [-0.15, -0.1) is 0 Å². The zero-order valence-corrected chi connectivity index (χ0v) is 17.1. The average molecular weight is 383 g/mol. The molecule has 0 aliphatic rings. The van der Waals surface area contributed by atoms with Crippen LogP contribution in [0, 0.1) is 6.92 Å². The third-order valence-electron chi connectivity index (χ3n) is 4.15. The highest BCUT2D eigenvalue weighted by atomic mass is 16.5. The first-order chi connectivity index (χ1) is 13.5. The standard InChI is InChI=1S/C22H30N4O2/c1-17-10-8-9-13-20(17)28-18(2)14-23-22(25-16-21(27)26(3)4)24-15-19-11-6-5-7-12-19/h5-13,18H,14-16H2,1-4H3,(H2,23,24,25). The van der Waals surface area contributed by atoms with Gasteiger partial charge in [-0.25, -0.2) is 4.99 Å². The average Bonchev–Trinajstić information content (AvgIpc) is 2.69. The van der Waals surface area contributed by atoms with Crippen molar-refractivity contribution in [2.45, 2.75) is 26.5 Å². The Kier molecular flexibility index (Phi) is 8.34. The predicted octanol–water partition coefficient (Wildman–Crippen LogP) is 2.59. The van der Waals surface area contributed by atoms with E-state index >= 15 is 0 Å². The molecule has 0 saturated carbocycles. The molecule has 1 atom stereocenters. The maximum atomic E-state index is 11.9. The van der Waals surface area contributed by atoms with Crippen LogP contribution in [-0.4, -0.2) is 50.1 Å². The molecule has 0 aliphatic heterocycles. The molecule has 2 aromatic rings. The van der Waals surface area contributed by atoms with Gasteiger partial charge in [-0.3, -0.25) is 4.79 Å². The number of likely N-dealkylation sites (N-methyl/N-ethyl adjacent to an activating group) is 1. The molecular weight excluding hydrogens is 352 g/mol. The summed E-state index contributed by atoms with van der Waals surface area (Å²) in [6.45, 7) is 5.29. The second-order valence-electron chi connectivity index (χ2n) is 6.87. The summed E-state index contributed by atoms with van der Waals surface area (Å²) in [4.78, 5) is 18.0. The van der Waals surface area contributed by atoms with Crippen molar-refractivity contribution < 1.29 is 9.53 Å². The van der Waals surface area contributed by atoms with Crippen molar-refractivity contribution in [2.24, 2.45) is 4.99 Å². The molecule has 0 fully saturated rings. The number of aliphatic imine (C=N–C) groups is 1. The number of hydrogen-bond acceptors (Lipinski definition) is 3. The molecule has 0 radical (unpaired) electrons. The minimum absolute atomic E-state index is 0.0154. The molecule has 0 saturated heterocycles. The Morgan fingerprint density at radius 3 is 2.43 bits per heavy atom. The predicted molar refractivity (Wildman–Crippen MR) is 114 cm³/mol. The first kappa shape index (κ1) is 21.3. The van der Waals surface area contributed by atoms with Crippen LogP contribution in [0.4, 0.5) is 0 Å². The van der Waals surface area contributed by atoms with Gasteiger partial charge < -0.3 is 20.3 Å². The van der Waals surface area contributed by atoms with Crippen molar-refractivity contribution >= 4 is 11.9 Å². The SMILES string of the molecule is Cc1ccccc1OC(C)CNC(=NCc1ccccc1)NCC(=O)N(C)C. The Morgan fingerprint density at radius 2 is 1.75 bits per heavy atom. The summed E-state index contributed by atoms with van der Waals surface area (Å²) in [6.07, 6.45) is -0.0608. The van der Waals surface area contributed by atoms with Crippen molar-refractivity contribution in [3.8, 4) is 5.75 Å². The lowest BCUT2D eigenvalue weighted by Crippen LogP contribution is -2.45. The van der Waals surface area contributed by atoms with Gasteiger partial charge in [0.25, 0.3) is 0 Å². The van der Waals surface area contributed by atoms with Gasteiger partial charge in [-0.05, 0) is 31.0 Å². The third-order valence-corrected chi connectivity index (χ3v) is 4.15. The number of rotatable bonds is 8. The summed E-state index contributed by atoms with van der Waals surface area (Å²) in [5, 5.41) is 6.36. The van der Waals surface area contributed by atoms with E-state index in [0.717, 1.165) is 16.9 Å². The molecule has 0 spiro atoms. The number of benzene rings is 2. The zero-order valence-electron chi connectivity index (χ0n) is 17.1. The summed E-state index contributed by atoms with van der Waals surface area (Å²) in [5.41, 5.74) is 2.20. The second-order valence-corrected chi connectivity index (χ2v) is 6.87. The van der Waals surface area contributed by atoms with E-state index in [1.807, 2.05) is 68.4 Å². The molecule has 2 N–H and O–H groups in total. The maximum Gasteiger partial charge on any atom is 0.241 e. The first-order valence-corrected chi connectivity index (χ1v) is 9.44. The molecular formula is C22H30N4O2. The molecule has 150 valence electrons. The van der Waals surface area contributed by atoms with E-state index in [9.17, 15) is 4.79 Å². The van der Waals surface area contributed by atoms with E-state index < -0.39 is 0 Å². The van der Waals surface area contributed by atoms with Crippen LogP contribution in [0.2, 0.25) is 0 Å². The summed E-state index contributed by atoms with van der Waals surface area (Å²) >= 11 is 0. The maximum absolute atomic E-state index is 11.9. The number of carbonyl (C=O) groups excluding carboxylic acids is 1. The molecule has 0 heterocycles. The number of para-hydroxylation sites is 1. The number of amides is 1. The lowest BCUT2D eigenvalue weighted by atomic mass is 10.2. The fraction of sp³-hybridized carbons (Fsp3) is 0.364. The summed E-state index contributed by atoms with van der Waals surface area (Å²) < 4.78 is 6.00. The second kappa shape index (κ2) is 11.0. The minimum atomic E-state index is -0.0608. The normalized spacial score (nSPS) is 12.2. The molecule has 0 aliphatic carbocycles. The van der Waals surface area contributed by atoms with Crippen molar-refractivity contribution in [1.82, 2.24) is 15.5 Å². The molecule has 0 bridgehead atoms. The number of guanidine groups is 1. The van der Waals surface area contributed by atoms with Gasteiger partial charge in [0.05, 0.1) is 19.6 Å². The van der Waals surface area contributed by atoms with Crippen LogP contribution in [0.3, 0.4) is 0 Å². The van der Waals surface area contributed by atoms with Crippen molar-refractivity contribution in [3.63, 3.8) is 0 Å². The van der Waals surface area contributed by atoms with E-state index in [4.69, 9.17) is 4.74 Å². The molecule has 2 rings (SSSR count). The summed E-state index contributed by atoms with van der Waals surface area (Å²) in [7, 11) is 3.46. The summed E-state index contributed by atoms with van der Waals surface area (Å²) in [5.74, 6) is 1.44. The van der Waals surface area contributed by atoms with Crippen LogP contribution in [0.1, 0.15) is 18.1 Å². The zero-order chi connectivity index (χ0) is 20.4. The fourth-order valence-electron chi connectivity index (χ4n) is 2.43. The Labute approximate surface area is 167 Å². The van der Waals surface area contributed by atoms with Gasteiger partial charge in [0.15, 0.2) is 5.96 Å². The smallest absolute Gasteiger partial charge is 0.241 e. The molecule has 0 aromatic heterocycles. The number of ether oxygens (including phenoxy) is 1. The quantitative estimate of drug-likeness (QED) is 0.544. The lowest BCUT2D eigenvalue weighted by molar-refractivity contribution is -0.127. The van der Waals surface area contributed by atoms with Gasteiger partial charge in [0.2, 0.25) is 5.91 Å². The van der Waals surface area contributed by atoms with Crippen LogP contribution < -0.4 is 15.4 Å². The van der Waals surface area contributed by atoms with Crippen molar-refractivity contribution in [1.29, 1.82) is 0 Å². The monoisotopic (exact) mass is 382 g/mol. The summed E-state index contributed by atoms with van der Waals surface area (Å²) in [6, 6.07) is 17.9. The Morgan fingerprint density at radius 1 is 1.07 bits per heavy atom. The van der Waals surface area contributed by atoms with E-state index in [-0.39, 0.29) is 18.6 Å². The largest absolute Gasteiger partial charge is 0.489 e. The van der Waals surface area contributed by atoms with E-state index in [1.165, 1.54) is 0 Å². The third kappa shape index (κ3) is 7.31. The van der Waals surface area contributed by atoms with E-state index in [1.54, 1.807) is 19.0 Å². The molecule has 2 aromatic carbocycles. The number of carbonyl (C=O) groups is 1. The van der Waals surface area contributed by atoms with Gasteiger partial charge >= 0.3 is 0 Å². The van der Waals surface area contributed by atoms with Gasteiger partial charge in [-0.2, -0.15) is 0 Å². The molecule has 6 nitrogen and oxygen atoms in total. The van der Waals surface area contributed by atoms with Crippen LogP contribution in [0.5, 0.6) is 5.75 Å². The molecule has 6 heteroatoms. The Balaban J connectivity index is 1.95. The minimum Gasteiger partial charge on any atom is -0.489 e. The highest BCUT2D eigenvalue weighted by molar-refractivity contribution is 5.86. The van der Waals surface area contributed by atoms with Crippen LogP contribution in [-0.2, 0) is 11.3 Å². The van der Waals surface area contributed by atoms with E-state index in [0.29, 0.717) is 19.0 Å². The Hall–Kier alpha value is -3.02. The molecule has 28 heavy (non-hydrogen) atoms. The van der Waals surface area contributed by atoms with Crippen molar-refractivity contribution in [2.75, 3.05) is 27.2 Å². The number of nitrogens with one attached hydrogen (secondary N) is 2. The highest BCUT2D eigenvalue weighted by Crippen LogP contribution is 2.17. The molecule has 1 amide bonds. The van der Waals surface area contributed by atoms with Crippen LogP contribution in [0.15, 0.2) is 59.6 Å². The highest BCUT2D eigenvalue weighted by Gasteiger charge is 2.09. The first-order valence-electron chi connectivity index (χ1n) is 9.44. The van der Waals surface area contributed by atoms with Crippen molar-refractivity contribution in [3.05, 3.63) is 65.7 Å². The van der Waals surface area contributed by atoms with E-state index in [2.05, 4.69) is 15.6 Å². The topological polar surface area (TPSA) is 66.0 Å². The Bertz CT molecular complexity index is 775. The molecule has 1 unspecified atom stereocenters. The van der Waals surface area contributed by atoms with Gasteiger partial charge in [-0.1, -0.05) is 48.5 Å².